The van der Waals surface area contributed by atoms with Gasteiger partial charge in [-0.3, -0.25) is 14.6 Å². The number of amides is 2. The van der Waals surface area contributed by atoms with E-state index < -0.39 is 11.9 Å². The second kappa shape index (κ2) is 11.7. The van der Waals surface area contributed by atoms with Crippen LogP contribution >= 0.6 is 0 Å². The number of nitrogens with zero attached hydrogens (tertiary/aromatic N) is 3. The topological polar surface area (TPSA) is 107 Å². The van der Waals surface area contributed by atoms with E-state index in [-0.39, 0.29) is 24.7 Å². The van der Waals surface area contributed by atoms with Crippen LogP contribution in [0.1, 0.15) is 33.4 Å². The van der Waals surface area contributed by atoms with E-state index in [1.807, 2.05) is 30.3 Å². The number of benzene rings is 2. The molecule has 0 aliphatic carbocycles. The van der Waals surface area contributed by atoms with E-state index in [0.29, 0.717) is 22.8 Å². The summed E-state index contributed by atoms with van der Waals surface area (Å²) in [6.45, 7) is 0.317. The van der Waals surface area contributed by atoms with Crippen LogP contribution in [-0.4, -0.2) is 40.9 Å². The Morgan fingerprint density at radius 3 is 2.47 bits per heavy atom. The number of rotatable bonds is 10. The Labute approximate surface area is 208 Å². The van der Waals surface area contributed by atoms with Crippen LogP contribution in [-0.2, 0) is 17.9 Å². The van der Waals surface area contributed by atoms with Crippen LogP contribution in [0.2, 0.25) is 0 Å². The van der Waals surface area contributed by atoms with Crippen molar-refractivity contribution in [3.63, 3.8) is 0 Å². The molecule has 0 saturated carbocycles. The molecular formula is C27H26N4O5. The first-order chi connectivity index (χ1) is 17.6. The fourth-order valence-electron chi connectivity index (χ4n) is 3.78. The molecule has 0 radical (unpaired) electrons. The predicted molar refractivity (Wildman–Crippen MR) is 131 cm³/mol. The van der Waals surface area contributed by atoms with Gasteiger partial charge in [0.1, 0.15) is 17.5 Å². The fraction of sp³-hybridized carbons (Fsp3) is 0.185. The minimum Gasteiger partial charge on any atom is -0.493 e. The summed E-state index contributed by atoms with van der Waals surface area (Å²) >= 11 is 0. The summed E-state index contributed by atoms with van der Waals surface area (Å²) < 4.78 is 16.3. The normalized spacial score (nSPS) is 11.4. The van der Waals surface area contributed by atoms with Gasteiger partial charge in [-0.15, -0.1) is 0 Å². The molecule has 0 bridgehead atoms. The van der Waals surface area contributed by atoms with Gasteiger partial charge in [-0.1, -0.05) is 36.4 Å². The molecule has 0 fully saturated rings. The van der Waals surface area contributed by atoms with Crippen molar-refractivity contribution in [1.82, 2.24) is 20.2 Å². The third kappa shape index (κ3) is 5.69. The van der Waals surface area contributed by atoms with E-state index >= 15 is 0 Å². The fourth-order valence-corrected chi connectivity index (χ4v) is 3.78. The molecule has 36 heavy (non-hydrogen) atoms. The molecule has 184 valence electrons. The summed E-state index contributed by atoms with van der Waals surface area (Å²) in [5.41, 5.74) is 1.56. The molecule has 1 atom stereocenters. The molecule has 2 aromatic heterocycles. The third-order valence-electron chi connectivity index (χ3n) is 5.54. The molecule has 9 heteroatoms. The summed E-state index contributed by atoms with van der Waals surface area (Å²) in [5, 5.41) is 2.96. The van der Waals surface area contributed by atoms with E-state index in [9.17, 15) is 9.59 Å². The Bertz CT molecular complexity index is 1280. The van der Waals surface area contributed by atoms with Crippen LogP contribution in [0, 0.1) is 0 Å². The van der Waals surface area contributed by atoms with E-state index in [2.05, 4.69) is 15.3 Å². The first-order valence-corrected chi connectivity index (χ1v) is 11.2. The van der Waals surface area contributed by atoms with Crippen LogP contribution in [0.4, 0.5) is 0 Å². The van der Waals surface area contributed by atoms with Crippen LogP contribution in [0.5, 0.6) is 11.5 Å². The van der Waals surface area contributed by atoms with Crippen molar-refractivity contribution in [2.24, 2.45) is 0 Å². The summed E-state index contributed by atoms with van der Waals surface area (Å²) in [5.74, 6) is 0.584. The average Bonchev–Trinajstić information content (AvgIpc) is 3.45. The minimum absolute atomic E-state index is 0.0280. The molecule has 0 unspecified atom stereocenters. The highest BCUT2D eigenvalue weighted by Gasteiger charge is 2.34. The zero-order valence-electron chi connectivity index (χ0n) is 20.0. The highest BCUT2D eigenvalue weighted by molar-refractivity contribution is 5.96. The average molecular weight is 487 g/mol. The molecule has 2 heterocycles. The number of aromatic nitrogens is 2. The Morgan fingerprint density at radius 1 is 1.00 bits per heavy atom. The van der Waals surface area contributed by atoms with Crippen molar-refractivity contribution >= 4 is 11.8 Å². The summed E-state index contributed by atoms with van der Waals surface area (Å²) in [7, 11) is 3.04. The molecule has 0 saturated heterocycles. The van der Waals surface area contributed by atoms with Crippen molar-refractivity contribution < 1.29 is 23.5 Å². The number of ether oxygens (including phenoxy) is 2. The van der Waals surface area contributed by atoms with E-state index in [1.54, 1.807) is 30.3 Å². The number of furan rings is 1. The molecule has 2 amide bonds. The number of carbonyl (C=O) groups excluding carboxylic acids is 2. The van der Waals surface area contributed by atoms with E-state index in [0.717, 1.165) is 5.56 Å². The highest BCUT2D eigenvalue weighted by atomic mass is 16.5. The first-order valence-electron chi connectivity index (χ1n) is 11.2. The number of carbonyl (C=O) groups is 2. The van der Waals surface area contributed by atoms with Crippen LogP contribution < -0.4 is 14.8 Å². The third-order valence-corrected chi connectivity index (χ3v) is 5.54. The largest absolute Gasteiger partial charge is 0.493 e. The first kappa shape index (κ1) is 24.5. The molecular weight excluding hydrogens is 460 g/mol. The maximum atomic E-state index is 13.7. The lowest BCUT2D eigenvalue weighted by Gasteiger charge is -2.31. The quantitative estimate of drug-likeness (QED) is 0.363. The maximum absolute atomic E-state index is 13.7. The van der Waals surface area contributed by atoms with Gasteiger partial charge in [0.25, 0.3) is 5.91 Å². The van der Waals surface area contributed by atoms with Gasteiger partial charge in [-0.05, 0) is 35.4 Å². The molecule has 4 aromatic rings. The van der Waals surface area contributed by atoms with Gasteiger partial charge in [0.15, 0.2) is 11.5 Å². The summed E-state index contributed by atoms with van der Waals surface area (Å²) in [4.78, 5) is 37.0. The van der Waals surface area contributed by atoms with Gasteiger partial charge in [0, 0.05) is 18.9 Å². The van der Waals surface area contributed by atoms with Crippen molar-refractivity contribution in [3.8, 4) is 11.5 Å². The second-order valence-corrected chi connectivity index (χ2v) is 7.82. The standard InChI is InChI=1S/C27H26N4O5/c1-34-23-11-10-20(15-24(23)35-2)25(26(32)30-16-19-7-4-3-5-8-19)31(18-21-9-6-14-36-21)27(33)22-17-28-12-13-29-22/h3-15,17,25H,16,18H2,1-2H3,(H,30,32)/t25-/m1/s1. The minimum atomic E-state index is -1.03. The Hall–Kier alpha value is -4.66. The van der Waals surface area contributed by atoms with Gasteiger partial charge in [-0.2, -0.15) is 0 Å². The molecule has 2 aromatic carbocycles. The Kier molecular flexibility index (Phi) is 7.92. The van der Waals surface area contributed by atoms with Gasteiger partial charge in [0.2, 0.25) is 5.91 Å². The predicted octanol–water partition coefficient (Wildman–Crippen LogP) is 3.79. The van der Waals surface area contributed by atoms with Crippen molar-refractivity contribution in [1.29, 1.82) is 0 Å². The molecule has 0 spiro atoms. The molecule has 4 rings (SSSR count). The van der Waals surface area contributed by atoms with Crippen LogP contribution in [0.3, 0.4) is 0 Å². The Balaban J connectivity index is 1.76. The molecule has 9 nitrogen and oxygen atoms in total. The zero-order chi connectivity index (χ0) is 25.3. The number of hydrogen-bond acceptors (Lipinski definition) is 7. The lowest BCUT2D eigenvalue weighted by molar-refractivity contribution is -0.126. The molecule has 1 N–H and O–H groups in total. The lowest BCUT2D eigenvalue weighted by Crippen LogP contribution is -2.43. The van der Waals surface area contributed by atoms with E-state index in [4.69, 9.17) is 13.9 Å². The van der Waals surface area contributed by atoms with Crippen LogP contribution in [0.15, 0.2) is 89.9 Å². The Morgan fingerprint density at radius 2 is 1.81 bits per heavy atom. The number of hydrogen-bond donors (Lipinski definition) is 1. The van der Waals surface area contributed by atoms with Gasteiger partial charge in [0.05, 0.1) is 33.2 Å². The summed E-state index contributed by atoms with van der Waals surface area (Å²) in [6, 6.07) is 17.1. The van der Waals surface area contributed by atoms with Gasteiger partial charge >= 0.3 is 0 Å². The van der Waals surface area contributed by atoms with Crippen molar-refractivity contribution in [2.75, 3.05) is 14.2 Å². The van der Waals surface area contributed by atoms with Gasteiger partial charge < -0.3 is 24.1 Å². The smallest absolute Gasteiger partial charge is 0.275 e. The molecule has 0 aliphatic heterocycles. The number of nitrogens with one attached hydrogen (secondary N) is 1. The van der Waals surface area contributed by atoms with Crippen molar-refractivity contribution in [3.05, 3.63) is 108 Å². The van der Waals surface area contributed by atoms with Crippen LogP contribution in [0.25, 0.3) is 0 Å². The van der Waals surface area contributed by atoms with Crippen molar-refractivity contribution in [2.45, 2.75) is 19.1 Å². The maximum Gasteiger partial charge on any atom is 0.275 e. The zero-order valence-corrected chi connectivity index (χ0v) is 20.0. The van der Waals surface area contributed by atoms with Gasteiger partial charge in [-0.25, -0.2) is 4.98 Å². The monoisotopic (exact) mass is 486 g/mol. The highest BCUT2D eigenvalue weighted by Crippen LogP contribution is 2.33. The molecule has 0 aliphatic rings. The second-order valence-electron chi connectivity index (χ2n) is 7.82. The SMILES string of the molecule is COc1ccc([C@H](C(=O)NCc2ccccc2)N(Cc2ccco2)C(=O)c2cnccn2)cc1OC. The number of methoxy groups -OCH3 is 2. The summed E-state index contributed by atoms with van der Waals surface area (Å²) in [6.07, 6.45) is 5.79. The van der Waals surface area contributed by atoms with E-state index in [1.165, 1.54) is 44.0 Å². The lowest BCUT2D eigenvalue weighted by atomic mass is 10.0.